The Balaban J connectivity index is 0.000000853. The van der Waals surface area contributed by atoms with Crippen molar-refractivity contribution < 1.29 is 5.48 Å². The first-order valence-electron chi connectivity index (χ1n) is 4.68. The predicted octanol–water partition coefficient (Wildman–Crippen LogP) is 2.56. The number of fused-ring (bicyclic) bond motifs is 3. The van der Waals surface area contributed by atoms with Gasteiger partial charge in [0.25, 0.3) is 0 Å². The molecule has 15 heavy (non-hydrogen) atoms. The maximum Gasteiger partial charge on any atom is 0.0780 e. The molecule has 74 valence electrons. The minimum atomic E-state index is 0. The van der Waals surface area contributed by atoms with E-state index in [-0.39, 0.29) is 5.48 Å². The zero-order chi connectivity index (χ0) is 9.38. The van der Waals surface area contributed by atoms with Crippen LogP contribution in [0.4, 0.5) is 0 Å². The van der Waals surface area contributed by atoms with Gasteiger partial charge in [0.15, 0.2) is 0 Å². The Labute approximate surface area is 87.5 Å². The van der Waals surface area contributed by atoms with Crippen LogP contribution in [0.1, 0.15) is 0 Å². The summed E-state index contributed by atoms with van der Waals surface area (Å²) in [4.78, 5) is 4.41. The summed E-state index contributed by atoms with van der Waals surface area (Å²) in [6.45, 7) is 0. The number of aromatic nitrogens is 1. The molecule has 1 aromatic heterocycles. The van der Waals surface area contributed by atoms with Crippen molar-refractivity contribution in [2.75, 3.05) is 0 Å². The number of hydrogen-bond acceptors (Lipinski definition) is 1. The molecular formula is C13H11NO. The second kappa shape index (κ2) is 3.67. The van der Waals surface area contributed by atoms with Gasteiger partial charge in [0.05, 0.1) is 5.52 Å². The Hall–Kier alpha value is -1.93. The third-order valence-corrected chi connectivity index (χ3v) is 2.50. The fourth-order valence-corrected chi connectivity index (χ4v) is 1.81. The van der Waals surface area contributed by atoms with E-state index in [1.165, 1.54) is 16.2 Å². The molecule has 1 heterocycles. The van der Waals surface area contributed by atoms with Crippen molar-refractivity contribution in [3.63, 3.8) is 0 Å². The standard InChI is InChI=1S/C13H9N.H2O/c1-2-6-12-10(4-1)7-8-11-5-3-9-14-13(11)12;/h1-9H;1H2. The molecule has 0 saturated heterocycles. The Morgan fingerprint density at radius 1 is 0.733 bits per heavy atom. The number of rotatable bonds is 0. The summed E-state index contributed by atoms with van der Waals surface area (Å²) >= 11 is 0. The Bertz CT molecular complexity index is 550. The van der Waals surface area contributed by atoms with E-state index in [1.807, 2.05) is 12.3 Å². The first-order chi connectivity index (χ1) is 6.95. The van der Waals surface area contributed by atoms with Crippen molar-refractivity contribution in [1.29, 1.82) is 0 Å². The van der Waals surface area contributed by atoms with Gasteiger partial charge >= 0.3 is 0 Å². The SMILES string of the molecule is O.c1ccc2c(c1)ccc1cccnc12. The fraction of sp³-hybridized carbons (Fsp3) is 0. The predicted molar refractivity (Wildman–Crippen MR) is 62.9 cm³/mol. The van der Waals surface area contributed by atoms with Crippen molar-refractivity contribution in [1.82, 2.24) is 4.98 Å². The smallest absolute Gasteiger partial charge is 0.0780 e. The van der Waals surface area contributed by atoms with Gasteiger partial charge in [-0.3, -0.25) is 4.98 Å². The highest BCUT2D eigenvalue weighted by Crippen LogP contribution is 2.22. The summed E-state index contributed by atoms with van der Waals surface area (Å²) in [7, 11) is 0. The van der Waals surface area contributed by atoms with Gasteiger partial charge in [-0.1, -0.05) is 42.5 Å². The van der Waals surface area contributed by atoms with Crippen LogP contribution >= 0.6 is 0 Å². The second-order valence-corrected chi connectivity index (χ2v) is 3.36. The van der Waals surface area contributed by atoms with Crippen molar-refractivity contribution in [3.05, 3.63) is 54.7 Å². The Kier molecular flexibility index (Phi) is 2.35. The van der Waals surface area contributed by atoms with Gasteiger partial charge in [0.1, 0.15) is 0 Å². The van der Waals surface area contributed by atoms with Crippen LogP contribution in [0, 0.1) is 0 Å². The lowest BCUT2D eigenvalue weighted by Crippen LogP contribution is -1.79. The topological polar surface area (TPSA) is 44.4 Å². The van der Waals surface area contributed by atoms with E-state index in [9.17, 15) is 0 Å². The van der Waals surface area contributed by atoms with Gasteiger partial charge in [-0.05, 0) is 11.5 Å². The molecule has 2 aromatic carbocycles. The van der Waals surface area contributed by atoms with Crippen molar-refractivity contribution >= 4 is 21.7 Å². The van der Waals surface area contributed by atoms with Gasteiger partial charge in [-0.25, -0.2) is 0 Å². The van der Waals surface area contributed by atoms with E-state index in [0.29, 0.717) is 0 Å². The zero-order valence-electron chi connectivity index (χ0n) is 8.14. The zero-order valence-corrected chi connectivity index (χ0v) is 8.14. The highest BCUT2D eigenvalue weighted by atomic mass is 16.0. The first-order valence-corrected chi connectivity index (χ1v) is 4.68. The first kappa shape index (κ1) is 9.62. The number of benzene rings is 2. The summed E-state index contributed by atoms with van der Waals surface area (Å²) in [6.07, 6.45) is 1.84. The molecule has 0 atom stereocenters. The lowest BCUT2D eigenvalue weighted by atomic mass is 10.1. The molecule has 0 unspecified atom stereocenters. The number of pyridine rings is 1. The average molecular weight is 197 g/mol. The van der Waals surface area contributed by atoms with E-state index < -0.39 is 0 Å². The Morgan fingerprint density at radius 2 is 1.47 bits per heavy atom. The van der Waals surface area contributed by atoms with E-state index in [4.69, 9.17) is 0 Å². The maximum absolute atomic E-state index is 4.41. The molecule has 2 heteroatoms. The largest absolute Gasteiger partial charge is 0.412 e. The van der Waals surface area contributed by atoms with Gasteiger partial charge in [-0.15, -0.1) is 0 Å². The van der Waals surface area contributed by atoms with Gasteiger partial charge in [0, 0.05) is 17.0 Å². The van der Waals surface area contributed by atoms with Crippen LogP contribution in [0.15, 0.2) is 54.7 Å². The van der Waals surface area contributed by atoms with Crippen LogP contribution in [0.2, 0.25) is 0 Å². The van der Waals surface area contributed by atoms with Crippen LogP contribution in [-0.4, -0.2) is 10.5 Å². The normalized spacial score (nSPS) is 10.1. The Morgan fingerprint density at radius 3 is 2.40 bits per heavy atom. The molecule has 0 aliphatic carbocycles. The second-order valence-electron chi connectivity index (χ2n) is 3.36. The van der Waals surface area contributed by atoms with Crippen molar-refractivity contribution in [3.8, 4) is 0 Å². The van der Waals surface area contributed by atoms with Gasteiger partial charge in [-0.2, -0.15) is 0 Å². The summed E-state index contributed by atoms with van der Waals surface area (Å²) in [5, 5.41) is 3.68. The molecule has 3 rings (SSSR count). The minimum absolute atomic E-state index is 0. The minimum Gasteiger partial charge on any atom is -0.412 e. The van der Waals surface area contributed by atoms with Gasteiger partial charge in [0.2, 0.25) is 0 Å². The van der Waals surface area contributed by atoms with Gasteiger partial charge < -0.3 is 5.48 Å². The molecule has 3 aromatic rings. The van der Waals surface area contributed by atoms with E-state index in [0.717, 1.165) is 5.52 Å². The third kappa shape index (κ3) is 1.45. The molecule has 0 bridgehead atoms. The quantitative estimate of drug-likeness (QED) is 0.511. The lowest BCUT2D eigenvalue weighted by molar-refractivity contribution is 0.824. The van der Waals surface area contributed by atoms with Crippen LogP contribution in [-0.2, 0) is 0 Å². The van der Waals surface area contributed by atoms with Crippen LogP contribution in [0.5, 0.6) is 0 Å². The van der Waals surface area contributed by atoms with Crippen molar-refractivity contribution in [2.24, 2.45) is 0 Å². The highest BCUT2D eigenvalue weighted by Gasteiger charge is 1.98. The van der Waals surface area contributed by atoms with Crippen LogP contribution in [0.25, 0.3) is 21.7 Å². The molecule has 0 amide bonds. The average Bonchev–Trinajstić information content (AvgIpc) is 2.29. The molecule has 0 saturated carbocycles. The summed E-state index contributed by atoms with van der Waals surface area (Å²) in [5.74, 6) is 0. The molecule has 2 nitrogen and oxygen atoms in total. The van der Waals surface area contributed by atoms with E-state index in [1.54, 1.807) is 0 Å². The summed E-state index contributed by atoms with van der Waals surface area (Å²) < 4.78 is 0. The summed E-state index contributed by atoms with van der Waals surface area (Å²) in [5.41, 5.74) is 1.09. The molecular weight excluding hydrogens is 186 g/mol. The molecule has 0 spiro atoms. The highest BCUT2D eigenvalue weighted by molar-refractivity contribution is 6.04. The molecule has 0 aliphatic rings. The molecule has 0 radical (unpaired) electrons. The molecule has 0 aliphatic heterocycles. The lowest BCUT2D eigenvalue weighted by Gasteiger charge is -2.01. The maximum atomic E-state index is 4.41. The molecule has 2 N–H and O–H groups in total. The van der Waals surface area contributed by atoms with E-state index in [2.05, 4.69) is 47.4 Å². The van der Waals surface area contributed by atoms with E-state index >= 15 is 0 Å². The number of hydrogen-bond donors (Lipinski definition) is 0. The van der Waals surface area contributed by atoms with Crippen LogP contribution < -0.4 is 0 Å². The number of nitrogens with zero attached hydrogens (tertiary/aromatic N) is 1. The van der Waals surface area contributed by atoms with Crippen LogP contribution in [0.3, 0.4) is 0 Å². The molecule has 0 fully saturated rings. The van der Waals surface area contributed by atoms with Crippen molar-refractivity contribution in [2.45, 2.75) is 0 Å². The third-order valence-electron chi connectivity index (χ3n) is 2.50. The monoisotopic (exact) mass is 197 g/mol. The summed E-state index contributed by atoms with van der Waals surface area (Å²) in [6, 6.07) is 16.7. The fourth-order valence-electron chi connectivity index (χ4n) is 1.81.